The van der Waals surface area contributed by atoms with Crippen LogP contribution < -0.4 is 20.1 Å². The molecule has 2 amide bonds. The van der Waals surface area contributed by atoms with Crippen molar-refractivity contribution in [1.29, 1.82) is 0 Å². The van der Waals surface area contributed by atoms with Crippen molar-refractivity contribution >= 4 is 24.2 Å². The van der Waals surface area contributed by atoms with Gasteiger partial charge < -0.3 is 25.0 Å². The molecule has 2 saturated heterocycles. The molecule has 1 aliphatic carbocycles. The maximum Gasteiger partial charge on any atom is 0.267 e. The molecule has 5 rings (SSSR count). The Morgan fingerprint density at radius 3 is 2.53 bits per heavy atom. The number of hydrogen-bond donors (Lipinski definition) is 2. The lowest BCUT2D eigenvalue weighted by Crippen LogP contribution is -2.52. The molecule has 1 saturated carbocycles. The van der Waals surface area contributed by atoms with Crippen LogP contribution in [0.25, 0.3) is 0 Å². The summed E-state index contributed by atoms with van der Waals surface area (Å²) < 4.78 is 11.5. The highest BCUT2D eigenvalue weighted by Crippen LogP contribution is 2.58. The highest BCUT2D eigenvalue weighted by molar-refractivity contribution is 5.85. The largest absolute Gasteiger partial charge is 0.485 e. The highest BCUT2D eigenvalue weighted by Gasteiger charge is 2.57. The number of nitrogens with zero attached hydrogens (tertiary/aromatic N) is 1. The number of nitrogens with one attached hydrogen (secondary N) is 2. The van der Waals surface area contributed by atoms with Gasteiger partial charge in [0.1, 0.15) is 6.61 Å². The van der Waals surface area contributed by atoms with Crippen molar-refractivity contribution in [2.45, 2.75) is 44.2 Å². The summed E-state index contributed by atoms with van der Waals surface area (Å²) in [5.74, 6) is 1.69. The summed E-state index contributed by atoms with van der Waals surface area (Å²) in [4.78, 5) is 27.4. The van der Waals surface area contributed by atoms with E-state index in [1.165, 1.54) is 0 Å². The fraction of sp³-hybridized carbons (Fsp3) is 0.636. The fourth-order valence-corrected chi connectivity index (χ4v) is 5.09. The van der Waals surface area contributed by atoms with Crippen LogP contribution in [0.1, 0.15) is 32.1 Å². The van der Waals surface area contributed by atoms with E-state index in [1.54, 1.807) is 0 Å². The number of likely N-dealkylation sites (tertiary alicyclic amines) is 1. The summed E-state index contributed by atoms with van der Waals surface area (Å²) >= 11 is 0. The van der Waals surface area contributed by atoms with Crippen molar-refractivity contribution in [3.8, 4) is 11.5 Å². The molecule has 3 fully saturated rings. The van der Waals surface area contributed by atoms with Crippen LogP contribution in [0.4, 0.5) is 0 Å². The number of carbonyl (C=O) groups excluding carboxylic acids is 2. The minimum absolute atomic E-state index is 0. The number of para-hydroxylation sites is 2. The Kier molecular flexibility index (Phi) is 6.11. The summed E-state index contributed by atoms with van der Waals surface area (Å²) in [7, 11) is 0. The summed E-state index contributed by atoms with van der Waals surface area (Å²) in [5.41, 5.74) is 0.264. The van der Waals surface area contributed by atoms with Gasteiger partial charge in [-0.25, -0.2) is 0 Å². The molecule has 1 aromatic carbocycles. The zero-order valence-corrected chi connectivity index (χ0v) is 17.9. The number of benzene rings is 1. The van der Waals surface area contributed by atoms with Gasteiger partial charge in [0.2, 0.25) is 12.0 Å². The van der Waals surface area contributed by atoms with Crippen molar-refractivity contribution < 1.29 is 19.1 Å². The number of amides is 2. The van der Waals surface area contributed by atoms with Crippen molar-refractivity contribution in [2.24, 2.45) is 11.3 Å². The first kappa shape index (κ1) is 21.2. The van der Waals surface area contributed by atoms with E-state index < -0.39 is 6.10 Å². The number of hydrogen-bond acceptors (Lipinski definition) is 5. The first-order chi connectivity index (χ1) is 14.1. The van der Waals surface area contributed by atoms with Gasteiger partial charge in [0, 0.05) is 25.0 Å². The first-order valence-corrected chi connectivity index (χ1v) is 10.8. The molecule has 8 heteroatoms. The maximum atomic E-state index is 12.8. The zero-order valence-electron chi connectivity index (χ0n) is 17.1. The average molecular weight is 436 g/mol. The van der Waals surface area contributed by atoms with E-state index in [9.17, 15) is 9.59 Å². The second-order valence-corrected chi connectivity index (χ2v) is 8.84. The van der Waals surface area contributed by atoms with Crippen LogP contribution in [-0.2, 0) is 9.59 Å². The lowest BCUT2D eigenvalue weighted by molar-refractivity contribution is -0.142. The number of piperidine rings is 2. The van der Waals surface area contributed by atoms with Gasteiger partial charge in [-0.05, 0) is 62.7 Å². The van der Waals surface area contributed by atoms with Gasteiger partial charge in [0.05, 0.1) is 0 Å². The molecule has 0 radical (unpaired) electrons. The Morgan fingerprint density at radius 1 is 1.10 bits per heavy atom. The van der Waals surface area contributed by atoms with Crippen molar-refractivity contribution in [3.63, 3.8) is 0 Å². The predicted octanol–water partition coefficient (Wildman–Crippen LogP) is 1.75. The topological polar surface area (TPSA) is 79.9 Å². The molecule has 4 aliphatic rings. The second kappa shape index (κ2) is 8.63. The van der Waals surface area contributed by atoms with Crippen molar-refractivity contribution in [3.05, 3.63) is 24.3 Å². The standard InChI is InChI=1S/C22H29N3O4.ClH/c26-20(16-13-22(16)7-9-23-10-8-22)24-15-5-11-25(12-6-15)21(27)19-14-28-17-3-1-2-4-18(17)29-19;/h1-4,15-16,19,23H,5-14H2,(H,24,26);1H. The van der Waals surface area contributed by atoms with Gasteiger partial charge in [-0.3, -0.25) is 9.59 Å². The second-order valence-electron chi connectivity index (χ2n) is 8.84. The van der Waals surface area contributed by atoms with E-state index >= 15 is 0 Å². The van der Waals surface area contributed by atoms with Gasteiger partial charge in [-0.2, -0.15) is 0 Å². The molecular formula is C22H30ClN3O4. The Morgan fingerprint density at radius 2 is 1.80 bits per heavy atom. The van der Waals surface area contributed by atoms with Gasteiger partial charge in [0.25, 0.3) is 5.91 Å². The quantitative estimate of drug-likeness (QED) is 0.756. The summed E-state index contributed by atoms with van der Waals surface area (Å²) in [6, 6.07) is 7.59. The van der Waals surface area contributed by atoms with E-state index in [2.05, 4.69) is 10.6 Å². The van der Waals surface area contributed by atoms with Crippen LogP contribution in [0.3, 0.4) is 0 Å². The number of fused-ring (bicyclic) bond motifs is 1. The molecule has 2 unspecified atom stereocenters. The van der Waals surface area contributed by atoms with Gasteiger partial charge in [-0.15, -0.1) is 12.4 Å². The van der Waals surface area contributed by atoms with E-state index in [0.717, 1.165) is 45.2 Å². The predicted molar refractivity (Wildman–Crippen MR) is 114 cm³/mol. The van der Waals surface area contributed by atoms with E-state index in [0.29, 0.717) is 24.6 Å². The molecule has 7 nitrogen and oxygen atoms in total. The third-order valence-electron chi connectivity index (χ3n) is 7.04. The SMILES string of the molecule is Cl.O=C(NC1CCN(C(=O)C2COc3ccccc3O2)CC1)C1CC12CCNCC2. The maximum absolute atomic E-state index is 12.8. The normalized spacial score (nSPS) is 27.1. The van der Waals surface area contributed by atoms with Gasteiger partial charge >= 0.3 is 0 Å². The highest BCUT2D eigenvalue weighted by atomic mass is 35.5. The van der Waals surface area contributed by atoms with E-state index in [1.807, 2.05) is 29.2 Å². The van der Waals surface area contributed by atoms with Crippen LogP contribution in [0.15, 0.2) is 24.3 Å². The monoisotopic (exact) mass is 435 g/mol. The minimum atomic E-state index is -0.595. The number of ether oxygens (including phenoxy) is 2. The Bertz CT molecular complexity index is 790. The number of carbonyl (C=O) groups is 2. The van der Waals surface area contributed by atoms with Gasteiger partial charge in [-0.1, -0.05) is 12.1 Å². The third kappa shape index (κ3) is 4.10. The molecule has 1 aromatic rings. The Hall–Kier alpha value is -1.99. The number of halogens is 1. The lowest BCUT2D eigenvalue weighted by atomic mass is 9.91. The third-order valence-corrected chi connectivity index (χ3v) is 7.04. The smallest absolute Gasteiger partial charge is 0.267 e. The van der Waals surface area contributed by atoms with Gasteiger partial charge in [0.15, 0.2) is 11.5 Å². The van der Waals surface area contributed by atoms with Crippen LogP contribution in [0.2, 0.25) is 0 Å². The van der Waals surface area contributed by atoms with Crippen LogP contribution in [-0.4, -0.2) is 61.6 Å². The van der Waals surface area contributed by atoms with Crippen LogP contribution in [0, 0.1) is 11.3 Å². The molecule has 3 aliphatic heterocycles. The Labute approximate surface area is 183 Å². The van der Waals surface area contributed by atoms with E-state index in [-0.39, 0.29) is 48.2 Å². The molecular weight excluding hydrogens is 406 g/mol. The Balaban J connectivity index is 0.00000218. The van der Waals surface area contributed by atoms with E-state index in [4.69, 9.17) is 9.47 Å². The molecule has 3 heterocycles. The molecule has 30 heavy (non-hydrogen) atoms. The molecule has 2 atom stereocenters. The lowest BCUT2D eigenvalue weighted by Gasteiger charge is -2.35. The molecule has 1 spiro atoms. The summed E-state index contributed by atoms with van der Waals surface area (Å²) in [5, 5.41) is 6.63. The van der Waals surface area contributed by atoms with Crippen LogP contribution in [0.5, 0.6) is 11.5 Å². The molecule has 0 aromatic heterocycles. The van der Waals surface area contributed by atoms with Crippen LogP contribution >= 0.6 is 12.4 Å². The first-order valence-electron chi connectivity index (χ1n) is 10.8. The molecule has 2 N–H and O–H groups in total. The fourth-order valence-electron chi connectivity index (χ4n) is 5.09. The minimum Gasteiger partial charge on any atom is -0.485 e. The van der Waals surface area contributed by atoms with Crippen molar-refractivity contribution in [2.75, 3.05) is 32.8 Å². The summed E-state index contributed by atoms with van der Waals surface area (Å²) in [6.45, 7) is 3.59. The average Bonchev–Trinajstić information content (AvgIpc) is 3.46. The summed E-state index contributed by atoms with van der Waals surface area (Å²) in [6.07, 6.45) is 4.27. The molecule has 0 bridgehead atoms. The van der Waals surface area contributed by atoms with Crippen molar-refractivity contribution in [1.82, 2.24) is 15.5 Å². The zero-order chi connectivity index (χ0) is 19.8. The molecule has 164 valence electrons. The number of rotatable bonds is 3.